The second-order valence-corrected chi connectivity index (χ2v) is 9.15. The van der Waals surface area contributed by atoms with Crippen molar-refractivity contribution < 1.29 is 23.8 Å². The molecule has 3 aromatic rings. The summed E-state index contributed by atoms with van der Waals surface area (Å²) in [5.74, 6) is -1.02. The number of halogens is 1. The zero-order valence-electron chi connectivity index (χ0n) is 20.0. The Balaban J connectivity index is 1.77. The number of Topliss-reactive ketones (excluding diaryl/α,β-unsaturated/α-hetero) is 1. The maximum absolute atomic E-state index is 13.4. The highest BCUT2D eigenvalue weighted by molar-refractivity contribution is 6.46. The summed E-state index contributed by atoms with van der Waals surface area (Å²) in [6.45, 7) is 6.65. The minimum Gasteiger partial charge on any atom is -0.507 e. The predicted molar refractivity (Wildman–Crippen MR) is 132 cm³/mol. The summed E-state index contributed by atoms with van der Waals surface area (Å²) in [4.78, 5) is 27.7. The molecule has 1 amide bonds. The van der Waals surface area contributed by atoms with Crippen molar-refractivity contribution in [1.29, 1.82) is 0 Å². The van der Waals surface area contributed by atoms with Crippen molar-refractivity contribution in [3.05, 3.63) is 106 Å². The molecule has 5 nitrogen and oxygen atoms in total. The number of ketones is 1. The fraction of sp³-hybridized carbons (Fsp3) is 0.241. The number of carbonyl (C=O) groups is 2. The molecule has 0 radical (unpaired) electrons. The Labute approximate surface area is 204 Å². The summed E-state index contributed by atoms with van der Waals surface area (Å²) in [5, 5.41) is 11.3. The first kappa shape index (κ1) is 24.2. The van der Waals surface area contributed by atoms with Gasteiger partial charge in [0.05, 0.1) is 18.2 Å². The van der Waals surface area contributed by atoms with Gasteiger partial charge in [-0.15, -0.1) is 0 Å². The minimum absolute atomic E-state index is 0.0264. The van der Waals surface area contributed by atoms with Crippen LogP contribution in [0.4, 0.5) is 4.39 Å². The van der Waals surface area contributed by atoms with Crippen LogP contribution in [0.5, 0.6) is 5.75 Å². The molecule has 0 bridgehead atoms. The Hall–Kier alpha value is -3.93. The van der Waals surface area contributed by atoms with E-state index in [9.17, 15) is 19.1 Å². The molecule has 35 heavy (non-hydrogen) atoms. The maximum Gasteiger partial charge on any atom is 0.295 e. The number of amides is 1. The highest BCUT2D eigenvalue weighted by atomic mass is 19.1. The van der Waals surface area contributed by atoms with Gasteiger partial charge in [-0.25, -0.2) is 4.39 Å². The van der Waals surface area contributed by atoms with Gasteiger partial charge in [0, 0.05) is 12.1 Å². The molecule has 0 aliphatic carbocycles. The van der Waals surface area contributed by atoms with Gasteiger partial charge < -0.3 is 14.7 Å². The number of hydrogen-bond donors (Lipinski definition) is 1. The molecular weight excluding hydrogens is 445 g/mol. The van der Waals surface area contributed by atoms with E-state index in [0.29, 0.717) is 35.0 Å². The largest absolute Gasteiger partial charge is 0.507 e. The first-order valence-electron chi connectivity index (χ1n) is 11.6. The van der Waals surface area contributed by atoms with E-state index in [1.165, 1.54) is 17.0 Å². The predicted octanol–water partition coefficient (Wildman–Crippen LogP) is 5.79. The van der Waals surface area contributed by atoms with Crippen LogP contribution in [-0.4, -0.2) is 28.3 Å². The van der Waals surface area contributed by atoms with Crippen LogP contribution >= 0.6 is 0 Å². The van der Waals surface area contributed by atoms with Gasteiger partial charge in [-0.2, -0.15) is 0 Å². The van der Waals surface area contributed by atoms with Crippen molar-refractivity contribution in [2.45, 2.75) is 33.4 Å². The molecule has 1 aliphatic rings. The third kappa shape index (κ3) is 5.11. The molecule has 0 spiro atoms. The fourth-order valence-corrected chi connectivity index (χ4v) is 4.18. The van der Waals surface area contributed by atoms with Gasteiger partial charge in [0.25, 0.3) is 11.7 Å². The Morgan fingerprint density at radius 3 is 2.34 bits per heavy atom. The third-order valence-corrected chi connectivity index (χ3v) is 5.94. The molecule has 0 saturated carbocycles. The van der Waals surface area contributed by atoms with E-state index >= 15 is 0 Å². The number of aliphatic hydroxyl groups is 1. The number of ether oxygens (including phenoxy) is 1. The summed E-state index contributed by atoms with van der Waals surface area (Å²) in [6.07, 6.45) is 0. The van der Waals surface area contributed by atoms with E-state index in [2.05, 4.69) is 13.8 Å². The van der Waals surface area contributed by atoms with Gasteiger partial charge in [-0.05, 0) is 59.9 Å². The molecule has 1 atom stereocenters. The van der Waals surface area contributed by atoms with Crippen LogP contribution in [-0.2, 0) is 16.1 Å². The molecule has 1 aliphatic heterocycles. The van der Waals surface area contributed by atoms with Crippen LogP contribution in [0.2, 0.25) is 0 Å². The SMILES string of the molecule is Cc1cc(/C(O)=C2/C(=O)C(=O)N(Cc3ccc(F)cc3)C2c2ccccc2)ccc1OCC(C)C. The van der Waals surface area contributed by atoms with Gasteiger partial charge >= 0.3 is 0 Å². The molecular formula is C29H28FNO4. The quantitative estimate of drug-likeness (QED) is 0.268. The molecule has 0 aromatic heterocycles. The zero-order chi connectivity index (χ0) is 25.1. The number of nitrogens with zero attached hydrogens (tertiary/aromatic N) is 1. The van der Waals surface area contributed by atoms with E-state index in [1.807, 2.05) is 37.3 Å². The third-order valence-electron chi connectivity index (χ3n) is 5.94. The van der Waals surface area contributed by atoms with Crippen LogP contribution in [0.3, 0.4) is 0 Å². The van der Waals surface area contributed by atoms with Gasteiger partial charge in [0.2, 0.25) is 0 Å². The van der Waals surface area contributed by atoms with Gasteiger partial charge in [-0.3, -0.25) is 9.59 Å². The average molecular weight is 474 g/mol. The summed E-state index contributed by atoms with van der Waals surface area (Å²) in [7, 11) is 0. The van der Waals surface area contributed by atoms with E-state index in [1.54, 1.807) is 30.3 Å². The lowest BCUT2D eigenvalue weighted by Gasteiger charge is -2.25. The van der Waals surface area contributed by atoms with Crippen molar-refractivity contribution in [1.82, 2.24) is 4.90 Å². The number of likely N-dealkylation sites (tertiary alicyclic amines) is 1. The molecule has 3 aromatic carbocycles. The van der Waals surface area contributed by atoms with Gasteiger partial charge in [0.15, 0.2) is 0 Å². The second kappa shape index (κ2) is 10.1. The van der Waals surface area contributed by atoms with E-state index < -0.39 is 17.7 Å². The van der Waals surface area contributed by atoms with E-state index in [-0.39, 0.29) is 23.7 Å². The van der Waals surface area contributed by atoms with Gasteiger partial charge in [0.1, 0.15) is 17.3 Å². The van der Waals surface area contributed by atoms with Gasteiger partial charge in [-0.1, -0.05) is 56.3 Å². The smallest absolute Gasteiger partial charge is 0.295 e. The Morgan fingerprint density at radius 2 is 1.71 bits per heavy atom. The molecule has 6 heteroatoms. The Kier molecular flexibility index (Phi) is 7.01. The lowest BCUT2D eigenvalue weighted by atomic mass is 9.94. The maximum atomic E-state index is 13.4. The highest BCUT2D eigenvalue weighted by Gasteiger charge is 2.46. The van der Waals surface area contributed by atoms with Crippen LogP contribution in [0.15, 0.2) is 78.4 Å². The number of carbonyl (C=O) groups excluding carboxylic acids is 2. The highest BCUT2D eigenvalue weighted by Crippen LogP contribution is 2.40. The number of benzene rings is 3. The van der Waals surface area contributed by atoms with Crippen LogP contribution in [0.25, 0.3) is 5.76 Å². The molecule has 1 heterocycles. The normalized spacial score (nSPS) is 17.3. The lowest BCUT2D eigenvalue weighted by Crippen LogP contribution is -2.29. The fourth-order valence-electron chi connectivity index (χ4n) is 4.18. The van der Waals surface area contributed by atoms with Crippen molar-refractivity contribution in [3.63, 3.8) is 0 Å². The summed E-state index contributed by atoms with van der Waals surface area (Å²) in [5.41, 5.74) is 2.64. The van der Waals surface area contributed by atoms with E-state index in [0.717, 1.165) is 5.56 Å². The zero-order valence-corrected chi connectivity index (χ0v) is 20.0. The molecule has 1 saturated heterocycles. The number of hydrogen-bond acceptors (Lipinski definition) is 4. The van der Waals surface area contributed by atoms with Crippen LogP contribution < -0.4 is 4.74 Å². The molecule has 180 valence electrons. The average Bonchev–Trinajstić information content (AvgIpc) is 3.09. The number of aryl methyl sites for hydroxylation is 1. The Morgan fingerprint density at radius 1 is 1.03 bits per heavy atom. The summed E-state index contributed by atoms with van der Waals surface area (Å²) in [6, 6.07) is 19.3. The lowest BCUT2D eigenvalue weighted by molar-refractivity contribution is -0.140. The van der Waals surface area contributed by atoms with Crippen molar-refractivity contribution in [2.75, 3.05) is 6.61 Å². The molecule has 4 rings (SSSR count). The monoisotopic (exact) mass is 473 g/mol. The first-order valence-corrected chi connectivity index (χ1v) is 11.6. The molecule has 1 unspecified atom stereocenters. The topological polar surface area (TPSA) is 66.8 Å². The van der Waals surface area contributed by atoms with Crippen molar-refractivity contribution in [2.24, 2.45) is 5.92 Å². The Bertz CT molecular complexity index is 1270. The van der Waals surface area contributed by atoms with Crippen LogP contribution in [0.1, 0.15) is 42.1 Å². The van der Waals surface area contributed by atoms with Crippen molar-refractivity contribution >= 4 is 17.4 Å². The van der Waals surface area contributed by atoms with E-state index in [4.69, 9.17) is 4.74 Å². The summed E-state index contributed by atoms with van der Waals surface area (Å²) >= 11 is 0. The second-order valence-electron chi connectivity index (χ2n) is 9.15. The minimum atomic E-state index is -0.779. The van der Waals surface area contributed by atoms with Crippen molar-refractivity contribution in [3.8, 4) is 5.75 Å². The first-order chi connectivity index (χ1) is 16.8. The molecule has 1 N–H and O–H groups in total. The number of rotatable bonds is 7. The van der Waals surface area contributed by atoms with Crippen LogP contribution in [0, 0.1) is 18.7 Å². The molecule has 1 fully saturated rings. The standard InChI is InChI=1S/C29H28FNO4/c1-18(2)17-35-24-14-11-22(15-19(24)3)27(32)25-26(21-7-5-4-6-8-21)31(29(34)28(25)33)16-20-9-12-23(30)13-10-20/h4-15,18,26,32H,16-17H2,1-3H3/b27-25-. The summed E-state index contributed by atoms with van der Waals surface area (Å²) < 4.78 is 19.2. The number of aliphatic hydroxyl groups excluding tert-OH is 1.